The van der Waals surface area contributed by atoms with Crippen molar-refractivity contribution in [1.82, 2.24) is 9.97 Å². The summed E-state index contributed by atoms with van der Waals surface area (Å²) in [7, 11) is -3.96. The van der Waals surface area contributed by atoms with Gasteiger partial charge in [0.15, 0.2) is 0 Å². The summed E-state index contributed by atoms with van der Waals surface area (Å²) in [5, 5.41) is 10.7. The molecule has 19 heavy (non-hydrogen) atoms. The van der Waals surface area contributed by atoms with E-state index in [1.165, 1.54) is 18.5 Å². The van der Waals surface area contributed by atoms with E-state index in [1.54, 1.807) is 0 Å². The fourth-order valence-electron chi connectivity index (χ4n) is 1.36. The van der Waals surface area contributed by atoms with Gasteiger partial charge in [-0.3, -0.25) is 10.1 Å². The average molecular weight is 283 g/mol. The van der Waals surface area contributed by atoms with Crippen molar-refractivity contribution in [3.8, 4) is 0 Å². The van der Waals surface area contributed by atoms with Gasteiger partial charge >= 0.3 is 0 Å². The number of sulfonamides is 1. The Kier molecular flexibility index (Phi) is 3.09. The minimum atomic E-state index is -3.96. The van der Waals surface area contributed by atoms with Crippen molar-refractivity contribution in [2.75, 3.05) is 10.5 Å². The van der Waals surface area contributed by atoms with Gasteiger partial charge in [-0.1, -0.05) is 0 Å². The second kappa shape index (κ2) is 4.57. The Morgan fingerprint density at radius 2 is 2.16 bits per heavy atom. The Labute approximate surface area is 107 Å². The number of nitrogens with two attached hydrogens (primary N) is 1. The highest BCUT2D eigenvalue weighted by Gasteiger charge is 2.20. The summed E-state index contributed by atoms with van der Waals surface area (Å²) < 4.78 is 26.0. The molecule has 1 aromatic carbocycles. The lowest BCUT2D eigenvalue weighted by Crippen LogP contribution is -2.14. The molecular weight excluding hydrogens is 274 g/mol. The summed E-state index contributed by atoms with van der Waals surface area (Å²) in [5.74, 6) is 0.0134. The second-order valence-electron chi connectivity index (χ2n) is 3.52. The SMILES string of the molecule is Nc1ccc(S(=O)(=O)Nc2ncc[nH]2)cc1[N+](=O)[O-]. The number of aromatic amines is 1. The summed E-state index contributed by atoms with van der Waals surface area (Å²) in [5.41, 5.74) is 4.81. The first-order valence-electron chi connectivity index (χ1n) is 4.96. The molecule has 0 amide bonds. The summed E-state index contributed by atoms with van der Waals surface area (Å²) in [4.78, 5) is 15.9. The number of aromatic nitrogens is 2. The molecule has 4 N–H and O–H groups in total. The van der Waals surface area contributed by atoms with Crippen LogP contribution >= 0.6 is 0 Å². The minimum absolute atomic E-state index is 0.0134. The predicted octanol–water partition coefficient (Wildman–Crippen LogP) is 0.701. The molecule has 1 aromatic heterocycles. The molecule has 0 atom stereocenters. The first-order valence-corrected chi connectivity index (χ1v) is 6.44. The molecule has 2 aromatic rings. The molecule has 9 nitrogen and oxygen atoms in total. The molecule has 0 aliphatic heterocycles. The summed E-state index contributed by atoms with van der Waals surface area (Å²) in [6, 6.07) is 3.23. The largest absolute Gasteiger partial charge is 0.393 e. The van der Waals surface area contributed by atoms with E-state index in [4.69, 9.17) is 5.73 Å². The number of benzene rings is 1. The third-order valence-electron chi connectivity index (χ3n) is 2.24. The third-order valence-corrected chi connectivity index (χ3v) is 3.57. The molecule has 0 aliphatic rings. The van der Waals surface area contributed by atoms with Gasteiger partial charge in [-0.05, 0) is 12.1 Å². The number of imidazole rings is 1. The molecule has 0 spiro atoms. The average Bonchev–Trinajstić information content (AvgIpc) is 2.80. The monoisotopic (exact) mass is 283 g/mol. The molecule has 1 heterocycles. The molecular formula is C9H9N5O4S. The van der Waals surface area contributed by atoms with Crippen molar-refractivity contribution in [3.63, 3.8) is 0 Å². The second-order valence-corrected chi connectivity index (χ2v) is 5.20. The first-order chi connectivity index (χ1) is 8.90. The van der Waals surface area contributed by atoms with E-state index in [0.29, 0.717) is 0 Å². The maximum atomic E-state index is 12.0. The number of nitrogens with one attached hydrogen (secondary N) is 2. The van der Waals surface area contributed by atoms with Crippen molar-refractivity contribution < 1.29 is 13.3 Å². The van der Waals surface area contributed by atoms with Crippen LogP contribution in [0.5, 0.6) is 0 Å². The van der Waals surface area contributed by atoms with E-state index in [2.05, 4.69) is 14.7 Å². The maximum absolute atomic E-state index is 12.0. The van der Waals surface area contributed by atoms with E-state index in [-0.39, 0.29) is 16.5 Å². The molecule has 100 valence electrons. The minimum Gasteiger partial charge on any atom is -0.393 e. The molecule has 0 fully saturated rings. The van der Waals surface area contributed by atoms with Gasteiger partial charge in [-0.2, -0.15) is 0 Å². The lowest BCUT2D eigenvalue weighted by atomic mass is 10.3. The van der Waals surface area contributed by atoms with Crippen molar-refractivity contribution in [2.24, 2.45) is 0 Å². The molecule has 2 rings (SSSR count). The Morgan fingerprint density at radius 3 is 2.74 bits per heavy atom. The highest BCUT2D eigenvalue weighted by Crippen LogP contribution is 2.25. The Morgan fingerprint density at radius 1 is 1.42 bits per heavy atom. The van der Waals surface area contributed by atoms with Crippen LogP contribution < -0.4 is 10.5 Å². The number of anilines is 2. The Balaban J connectivity index is 2.41. The van der Waals surface area contributed by atoms with Gasteiger partial charge in [0.2, 0.25) is 5.95 Å². The van der Waals surface area contributed by atoms with Crippen LogP contribution in [-0.2, 0) is 10.0 Å². The van der Waals surface area contributed by atoms with Gasteiger partial charge in [-0.25, -0.2) is 18.1 Å². The van der Waals surface area contributed by atoms with Gasteiger partial charge < -0.3 is 10.7 Å². The molecule has 0 bridgehead atoms. The third kappa shape index (κ3) is 2.63. The maximum Gasteiger partial charge on any atom is 0.293 e. The van der Waals surface area contributed by atoms with E-state index in [0.717, 1.165) is 12.1 Å². The fraction of sp³-hybridized carbons (Fsp3) is 0. The van der Waals surface area contributed by atoms with Crippen LogP contribution in [-0.4, -0.2) is 23.3 Å². The van der Waals surface area contributed by atoms with Crippen LogP contribution in [0, 0.1) is 10.1 Å². The summed E-state index contributed by atoms with van der Waals surface area (Å²) in [6.45, 7) is 0. The molecule has 0 radical (unpaired) electrons. The van der Waals surface area contributed by atoms with E-state index >= 15 is 0 Å². The topological polar surface area (TPSA) is 144 Å². The number of H-pyrrole nitrogens is 1. The standard InChI is InChI=1S/C9H9N5O4S/c10-7-2-1-6(5-8(7)14(15)16)19(17,18)13-9-11-3-4-12-9/h1-5H,10H2,(H2,11,12,13). The lowest BCUT2D eigenvalue weighted by molar-refractivity contribution is -0.384. The van der Waals surface area contributed by atoms with Crippen molar-refractivity contribution >= 4 is 27.3 Å². The summed E-state index contributed by atoms with van der Waals surface area (Å²) in [6.07, 6.45) is 2.80. The van der Waals surface area contributed by atoms with Crippen LogP contribution in [0.15, 0.2) is 35.5 Å². The highest BCUT2D eigenvalue weighted by molar-refractivity contribution is 7.92. The number of hydrogen-bond acceptors (Lipinski definition) is 6. The Hall–Kier alpha value is -2.62. The van der Waals surface area contributed by atoms with Crippen molar-refractivity contribution in [3.05, 3.63) is 40.7 Å². The van der Waals surface area contributed by atoms with E-state index in [9.17, 15) is 18.5 Å². The zero-order valence-corrected chi connectivity index (χ0v) is 10.2. The van der Waals surface area contributed by atoms with Gasteiger partial charge in [0.05, 0.1) is 9.82 Å². The smallest absolute Gasteiger partial charge is 0.293 e. The summed E-state index contributed by atoms with van der Waals surface area (Å²) >= 11 is 0. The van der Waals surface area contributed by atoms with Gasteiger partial charge in [0.25, 0.3) is 15.7 Å². The predicted molar refractivity (Wildman–Crippen MR) is 66.9 cm³/mol. The normalized spacial score (nSPS) is 11.2. The van der Waals surface area contributed by atoms with E-state index in [1.807, 2.05) is 0 Å². The van der Waals surface area contributed by atoms with Crippen LogP contribution in [0.25, 0.3) is 0 Å². The fourth-order valence-corrected chi connectivity index (χ4v) is 2.35. The van der Waals surface area contributed by atoms with Crippen molar-refractivity contribution in [2.45, 2.75) is 4.90 Å². The number of nitrogens with zero attached hydrogens (tertiary/aromatic N) is 2. The van der Waals surface area contributed by atoms with Crippen LogP contribution in [0.2, 0.25) is 0 Å². The van der Waals surface area contributed by atoms with Gasteiger partial charge in [-0.15, -0.1) is 0 Å². The van der Waals surface area contributed by atoms with Crippen LogP contribution in [0.1, 0.15) is 0 Å². The molecule has 0 unspecified atom stereocenters. The molecule has 0 aliphatic carbocycles. The van der Waals surface area contributed by atoms with E-state index < -0.39 is 20.6 Å². The molecule has 0 saturated carbocycles. The number of nitro groups is 1. The van der Waals surface area contributed by atoms with Gasteiger partial charge in [0.1, 0.15) is 5.69 Å². The zero-order chi connectivity index (χ0) is 14.0. The Bertz CT molecular complexity index is 710. The molecule has 0 saturated heterocycles. The number of rotatable bonds is 4. The number of hydrogen-bond donors (Lipinski definition) is 3. The first kappa shape index (κ1) is 12.8. The van der Waals surface area contributed by atoms with Gasteiger partial charge in [0, 0.05) is 18.5 Å². The molecule has 10 heteroatoms. The zero-order valence-electron chi connectivity index (χ0n) is 9.40. The van der Waals surface area contributed by atoms with Crippen LogP contribution in [0.4, 0.5) is 17.3 Å². The highest BCUT2D eigenvalue weighted by atomic mass is 32.2. The van der Waals surface area contributed by atoms with Crippen LogP contribution in [0.3, 0.4) is 0 Å². The number of nitrogen functional groups attached to an aromatic ring is 1. The number of nitro benzene ring substituents is 1. The quantitative estimate of drug-likeness (QED) is 0.428. The lowest BCUT2D eigenvalue weighted by Gasteiger charge is -2.06. The van der Waals surface area contributed by atoms with Crippen molar-refractivity contribution in [1.29, 1.82) is 0 Å².